The summed E-state index contributed by atoms with van der Waals surface area (Å²) in [5.41, 5.74) is 2.75. The van der Waals surface area contributed by atoms with Crippen LogP contribution in [0.2, 0.25) is 0 Å². The number of carboxylic acids is 1. The van der Waals surface area contributed by atoms with Gasteiger partial charge in [-0.15, -0.1) is 0 Å². The van der Waals surface area contributed by atoms with Gasteiger partial charge >= 0.3 is 5.97 Å². The van der Waals surface area contributed by atoms with E-state index in [-0.39, 0.29) is 6.42 Å². The molecule has 0 spiro atoms. The van der Waals surface area contributed by atoms with Crippen molar-refractivity contribution in [2.24, 2.45) is 0 Å². The van der Waals surface area contributed by atoms with Crippen molar-refractivity contribution in [3.63, 3.8) is 0 Å². The number of rotatable bonds is 3. The van der Waals surface area contributed by atoms with Crippen molar-refractivity contribution in [3.8, 4) is 0 Å². The van der Waals surface area contributed by atoms with E-state index in [2.05, 4.69) is 9.38 Å². The molecule has 1 aliphatic rings. The molecular formula is C13H14N2O2. The second-order valence-corrected chi connectivity index (χ2v) is 4.67. The van der Waals surface area contributed by atoms with Crippen LogP contribution in [-0.4, -0.2) is 20.5 Å². The van der Waals surface area contributed by atoms with Gasteiger partial charge in [-0.05, 0) is 31.4 Å². The van der Waals surface area contributed by atoms with Gasteiger partial charge in [0.05, 0.1) is 17.6 Å². The minimum atomic E-state index is -0.824. The Balaban J connectivity index is 2.23. The lowest BCUT2D eigenvalue weighted by Gasteiger charge is -2.01. The van der Waals surface area contributed by atoms with Crippen LogP contribution in [0.5, 0.6) is 0 Å². The number of hydrogen-bond donors (Lipinski definition) is 1. The third kappa shape index (κ3) is 1.69. The Morgan fingerprint density at radius 1 is 1.59 bits per heavy atom. The van der Waals surface area contributed by atoms with Crippen LogP contribution in [-0.2, 0) is 11.2 Å². The van der Waals surface area contributed by atoms with E-state index in [9.17, 15) is 4.79 Å². The molecule has 0 saturated heterocycles. The molecule has 0 aliphatic heterocycles. The first-order chi connectivity index (χ1) is 8.16. The fourth-order valence-corrected chi connectivity index (χ4v) is 2.32. The van der Waals surface area contributed by atoms with Gasteiger partial charge in [0.15, 0.2) is 0 Å². The van der Waals surface area contributed by atoms with Crippen molar-refractivity contribution in [1.82, 2.24) is 9.38 Å². The van der Waals surface area contributed by atoms with Crippen molar-refractivity contribution < 1.29 is 9.90 Å². The van der Waals surface area contributed by atoms with E-state index in [0.29, 0.717) is 11.6 Å². The van der Waals surface area contributed by atoms with Crippen molar-refractivity contribution >= 4 is 11.5 Å². The quantitative estimate of drug-likeness (QED) is 0.879. The Labute approximate surface area is 98.9 Å². The van der Waals surface area contributed by atoms with E-state index in [1.165, 1.54) is 12.8 Å². The van der Waals surface area contributed by atoms with Crippen LogP contribution in [0, 0.1) is 6.92 Å². The van der Waals surface area contributed by atoms with Crippen LogP contribution in [0.4, 0.5) is 0 Å². The zero-order valence-electron chi connectivity index (χ0n) is 9.68. The van der Waals surface area contributed by atoms with Crippen LogP contribution < -0.4 is 0 Å². The minimum Gasteiger partial charge on any atom is -0.481 e. The maximum atomic E-state index is 10.9. The van der Waals surface area contributed by atoms with Gasteiger partial charge in [-0.2, -0.15) is 0 Å². The Hall–Kier alpha value is -1.84. The highest BCUT2D eigenvalue weighted by atomic mass is 16.4. The number of aliphatic carboxylic acids is 1. The van der Waals surface area contributed by atoms with Crippen LogP contribution in [0.1, 0.15) is 35.8 Å². The lowest BCUT2D eigenvalue weighted by molar-refractivity contribution is -0.136. The maximum Gasteiger partial charge on any atom is 0.309 e. The topological polar surface area (TPSA) is 54.6 Å². The number of aryl methyl sites for hydroxylation is 1. The molecule has 2 heterocycles. The second kappa shape index (κ2) is 3.58. The van der Waals surface area contributed by atoms with E-state index in [1.807, 2.05) is 25.3 Å². The summed E-state index contributed by atoms with van der Waals surface area (Å²) in [7, 11) is 0. The van der Waals surface area contributed by atoms with Gasteiger partial charge in [0.1, 0.15) is 5.82 Å². The fraction of sp³-hybridized carbons (Fsp3) is 0.385. The predicted molar refractivity (Wildman–Crippen MR) is 63.2 cm³/mol. The molecular weight excluding hydrogens is 216 g/mol. The van der Waals surface area contributed by atoms with Gasteiger partial charge in [-0.25, -0.2) is 4.98 Å². The summed E-state index contributed by atoms with van der Waals surface area (Å²) >= 11 is 0. The van der Waals surface area contributed by atoms with Gasteiger partial charge in [0.2, 0.25) is 0 Å². The summed E-state index contributed by atoms with van der Waals surface area (Å²) in [5, 5.41) is 8.93. The number of nitrogens with zero attached hydrogens (tertiary/aromatic N) is 2. The first-order valence-corrected chi connectivity index (χ1v) is 5.85. The van der Waals surface area contributed by atoms with Gasteiger partial charge in [-0.3, -0.25) is 4.79 Å². The Bertz CT molecular complexity index is 597. The molecule has 17 heavy (non-hydrogen) atoms. The van der Waals surface area contributed by atoms with Gasteiger partial charge in [0.25, 0.3) is 0 Å². The lowest BCUT2D eigenvalue weighted by atomic mass is 10.2. The molecule has 4 heteroatoms. The highest BCUT2D eigenvalue weighted by Crippen LogP contribution is 2.40. The first-order valence-electron chi connectivity index (χ1n) is 5.85. The van der Waals surface area contributed by atoms with Gasteiger partial charge in [-0.1, -0.05) is 6.07 Å². The zero-order chi connectivity index (χ0) is 12.0. The monoisotopic (exact) mass is 230 g/mol. The normalized spacial score (nSPS) is 15.4. The molecule has 0 aromatic carbocycles. The molecule has 1 aliphatic carbocycles. The summed E-state index contributed by atoms with van der Waals surface area (Å²) in [6, 6.07) is 3.99. The number of aromatic nitrogens is 2. The maximum absolute atomic E-state index is 10.9. The number of carbonyl (C=O) groups is 1. The van der Waals surface area contributed by atoms with Gasteiger partial charge in [0, 0.05) is 12.1 Å². The molecule has 4 nitrogen and oxygen atoms in total. The average Bonchev–Trinajstić information content (AvgIpc) is 3.03. The molecule has 2 aromatic heterocycles. The van der Waals surface area contributed by atoms with Crippen LogP contribution in [0.25, 0.3) is 5.52 Å². The molecule has 2 aromatic rings. The smallest absolute Gasteiger partial charge is 0.309 e. The lowest BCUT2D eigenvalue weighted by Crippen LogP contribution is -2.01. The largest absolute Gasteiger partial charge is 0.481 e. The molecule has 1 N–H and O–H groups in total. The van der Waals surface area contributed by atoms with Crippen LogP contribution in [0.15, 0.2) is 18.3 Å². The SMILES string of the molecule is Cc1cccn2c(C3CC3)nc(CC(=O)O)c12. The number of hydrogen-bond acceptors (Lipinski definition) is 2. The highest BCUT2D eigenvalue weighted by molar-refractivity contribution is 5.74. The number of pyridine rings is 1. The Kier molecular flexibility index (Phi) is 2.18. The van der Waals surface area contributed by atoms with Crippen LogP contribution >= 0.6 is 0 Å². The fourth-order valence-electron chi connectivity index (χ4n) is 2.32. The summed E-state index contributed by atoms with van der Waals surface area (Å²) in [4.78, 5) is 15.4. The molecule has 0 radical (unpaired) electrons. The molecule has 3 rings (SSSR count). The summed E-state index contributed by atoms with van der Waals surface area (Å²) in [6.45, 7) is 2.00. The molecule has 0 atom stereocenters. The number of fused-ring (bicyclic) bond motifs is 1. The van der Waals surface area contributed by atoms with E-state index < -0.39 is 5.97 Å². The van der Waals surface area contributed by atoms with Crippen molar-refractivity contribution in [3.05, 3.63) is 35.4 Å². The van der Waals surface area contributed by atoms with Crippen molar-refractivity contribution in [2.45, 2.75) is 32.1 Å². The summed E-state index contributed by atoms with van der Waals surface area (Å²) in [6.07, 6.45) is 4.31. The van der Waals surface area contributed by atoms with Crippen molar-refractivity contribution in [1.29, 1.82) is 0 Å². The molecule has 0 bridgehead atoms. The van der Waals surface area contributed by atoms with Gasteiger partial charge < -0.3 is 9.51 Å². The van der Waals surface area contributed by atoms with E-state index in [1.54, 1.807) is 0 Å². The van der Waals surface area contributed by atoms with Crippen molar-refractivity contribution in [2.75, 3.05) is 0 Å². The number of imidazole rings is 1. The third-order valence-corrected chi connectivity index (χ3v) is 3.23. The standard InChI is InChI=1S/C13H14N2O2/c1-8-3-2-6-15-12(8)10(7-11(16)17)14-13(15)9-4-5-9/h2-3,6,9H,4-5,7H2,1H3,(H,16,17). The van der Waals surface area contributed by atoms with E-state index >= 15 is 0 Å². The molecule has 0 amide bonds. The Morgan fingerprint density at radius 2 is 2.35 bits per heavy atom. The second-order valence-electron chi connectivity index (χ2n) is 4.67. The third-order valence-electron chi connectivity index (χ3n) is 3.23. The summed E-state index contributed by atoms with van der Waals surface area (Å²) in [5.74, 6) is 0.724. The molecule has 88 valence electrons. The highest BCUT2D eigenvalue weighted by Gasteiger charge is 2.29. The minimum absolute atomic E-state index is 0.00106. The zero-order valence-corrected chi connectivity index (χ0v) is 9.68. The molecule has 1 fully saturated rings. The van der Waals surface area contributed by atoms with E-state index in [4.69, 9.17) is 5.11 Å². The molecule has 0 unspecified atom stereocenters. The van der Waals surface area contributed by atoms with Crippen LogP contribution in [0.3, 0.4) is 0 Å². The first kappa shape index (κ1) is 10.3. The summed E-state index contributed by atoms with van der Waals surface area (Å²) < 4.78 is 2.06. The molecule has 1 saturated carbocycles. The number of carboxylic acid groups (broad SMARTS) is 1. The predicted octanol–water partition coefficient (Wildman–Crippen LogP) is 2.15. The average molecular weight is 230 g/mol. The Morgan fingerprint density at radius 3 is 3.00 bits per heavy atom. The van der Waals surface area contributed by atoms with E-state index in [0.717, 1.165) is 16.9 Å².